The average molecular weight is 246 g/mol. The molecule has 0 aliphatic carbocycles. The smallest absolute Gasteiger partial charge is 0.236 e. The Kier molecular flexibility index (Phi) is 8.29. The second kappa shape index (κ2) is 8.91. The molecule has 0 saturated heterocycles. The molecule has 6 N–H and O–H groups in total. The Morgan fingerprint density at radius 1 is 1.00 bits per heavy atom. The first kappa shape index (κ1) is 15.8. The number of hydrogen-bond donors (Lipinski definition) is 4. The van der Waals surface area contributed by atoms with Crippen LogP contribution < -0.4 is 22.1 Å². The Balaban J connectivity index is 3.30. The van der Waals surface area contributed by atoms with E-state index >= 15 is 0 Å². The number of nitrogens with one attached hydrogen (secondary N) is 2. The quantitative estimate of drug-likeness (QED) is 0.367. The van der Waals surface area contributed by atoms with Gasteiger partial charge in [0.2, 0.25) is 11.8 Å². The molecule has 0 fully saturated rings. The molecule has 0 aliphatic heterocycles. The van der Waals surface area contributed by atoms with Crippen molar-refractivity contribution in [2.75, 3.05) is 26.3 Å². The molecule has 0 unspecified atom stereocenters. The van der Waals surface area contributed by atoms with Gasteiger partial charge in [0.25, 0.3) is 0 Å². The van der Waals surface area contributed by atoms with Crippen LogP contribution >= 0.6 is 0 Å². The fraction of sp³-hybridized carbons (Fsp3) is 0.800. The van der Waals surface area contributed by atoms with Gasteiger partial charge in [-0.15, -0.1) is 0 Å². The van der Waals surface area contributed by atoms with E-state index in [2.05, 4.69) is 10.6 Å². The Morgan fingerprint density at radius 3 is 1.65 bits per heavy atom. The van der Waals surface area contributed by atoms with Crippen molar-refractivity contribution in [3.05, 3.63) is 0 Å². The van der Waals surface area contributed by atoms with E-state index in [0.29, 0.717) is 26.3 Å². The number of rotatable bonds is 8. The molecular formula is C10H22N4O3. The van der Waals surface area contributed by atoms with Gasteiger partial charge >= 0.3 is 0 Å². The molecule has 0 aromatic carbocycles. The summed E-state index contributed by atoms with van der Waals surface area (Å²) in [6.45, 7) is 4.79. The van der Waals surface area contributed by atoms with Gasteiger partial charge in [-0.25, -0.2) is 0 Å². The molecule has 2 atom stereocenters. The highest BCUT2D eigenvalue weighted by Crippen LogP contribution is 1.78. The van der Waals surface area contributed by atoms with Crippen LogP contribution in [0.25, 0.3) is 0 Å². The Labute approximate surface area is 101 Å². The largest absolute Gasteiger partial charge is 0.378 e. The van der Waals surface area contributed by atoms with Crippen LogP contribution in [0.3, 0.4) is 0 Å². The summed E-state index contributed by atoms with van der Waals surface area (Å²) < 4.78 is 5.18. The fourth-order valence-electron chi connectivity index (χ4n) is 0.917. The molecule has 0 heterocycles. The molecule has 0 rings (SSSR count). The highest BCUT2D eigenvalue weighted by Gasteiger charge is 2.06. The lowest BCUT2D eigenvalue weighted by Crippen LogP contribution is -2.41. The zero-order valence-electron chi connectivity index (χ0n) is 10.4. The minimum atomic E-state index is -0.514. The molecule has 0 aromatic heterocycles. The first-order chi connectivity index (χ1) is 7.95. The van der Waals surface area contributed by atoms with Crippen LogP contribution in [0.4, 0.5) is 0 Å². The zero-order chi connectivity index (χ0) is 13.3. The Hall–Kier alpha value is -1.18. The molecule has 2 amide bonds. The number of ether oxygens (including phenoxy) is 1. The van der Waals surface area contributed by atoms with Crippen molar-refractivity contribution in [2.24, 2.45) is 11.5 Å². The third kappa shape index (κ3) is 8.61. The van der Waals surface area contributed by atoms with Gasteiger partial charge in [-0.2, -0.15) is 0 Å². The summed E-state index contributed by atoms with van der Waals surface area (Å²) >= 11 is 0. The molecule has 7 nitrogen and oxygen atoms in total. The fourth-order valence-corrected chi connectivity index (χ4v) is 0.917. The Bertz CT molecular complexity index is 220. The van der Waals surface area contributed by atoms with Crippen LogP contribution in [-0.2, 0) is 14.3 Å². The van der Waals surface area contributed by atoms with E-state index in [9.17, 15) is 9.59 Å². The summed E-state index contributed by atoms with van der Waals surface area (Å²) in [5, 5.41) is 5.21. The van der Waals surface area contributed by atoms with E-state index in [1.807, 2.05) is 0 Å². The molecule has 0 radical (unpaired) electrons. The standard InChI is InChI=1S/C10H22N4O3/c1-7(11)9(15)13-3-5-17-6-4-14-10(16)8(2)12/h7-8H,3-6,11-12H2,1-2H3,(H,13,15)(H,14,16)/t7-,8-/m0/s1. The van der Waals surface area contributed by atoms with Gasteiger partial charge in [-0.3, -0.25) is 9.59 Å². The first-order valence-electron chi connectivity index (χ1n) is 5.59. The minimum absolute atomic E-state index is 0.209. The molecule has 0 bridgehead atoms. The second-order valence-corrected chi connectivity index (χ2v) is 3.77. The topological polar surface area (TPSA) is 119 Å². The Morgan fingerprint density at radius 2 is 1.35 bits per heavy atom. The maximum Gasteiger partial charge on any atom is 0.236 e. The van der Waals surface area contributed by atoms with E-state index in [1.165, 1.54) is 0 Å². The van der Waals surface area contributed by atoms with E-state index in [0.717, 1.165) is 0 Å². The van der Waals surface area contributed by atoms with Gasteiger partial charge in [0.1, 0.15) is 0 Å². The monoisotopic (exact) mass is 246 g/mol. The average Bonchev–Trinajstić information content (AvgIpc) is 2.26. The summed E-state index contributed by atoms with van der Waals surface area (Å²) in [7, 11) is 0. The maximum absolute atomic E-state index is 11.0. The van der Waals surface area contributed by atoms with Gasteiger partial charge in [-0.1, -0.05) is 0 Å². The van der Waals surface area contributed by atoms with E-state index in [-0.39, 0.29) is 11.8 Å². The van der Waals surface area contributed by atoms with Crippen LogP contribution in [0.2, 0.25) is 0 Å². The number of carbonyl (C=O) groups excluding carboxylic acids is 2. The SMILES string of the molecule is C[C@H](N)C(=O)NCCOCCNC(=O)[C@H](C)N. The van der Waals surface area contributed by atoms with Crippen molar-refractivity contribution >= 4 is 11.8 Å². The summed E-state index contributed by atoms with van der Waals surface area (Å²) in [5.74, 6) is -0.419. The van der Waals surface area contributed by atoms with Gasteiger partial charge in [-0.05, 0) is 13.8 Å². The highest BCUT2D eigenvalue weighted by molar-refractivity contribution is 5.81. The van der Waals surface area contributed by atoms with Crippen molar-refractivity contribution in [3.8, 4) is 0 Å². The zero-order valence-corrected chi connectivity index (χ0v) is 10.4. The van der Waals surface area contributed by atoms with E-state index < -0.39 is 12.1 Å². The van der Waals surface area contributed by atoms with Crippen molar-refractivity contribution in [1.29, 1.82) is 0 Å². The second-order valence-electron chi connectivity index (χ2n) is 3.77. The van der Waals surface area contributed by atoms with Crippen LogP contribution in [0.5, 0.6) is 0 Å². The molecule has 17 heavy (non-hydrogen) atoms. The van der Waals surface area contributed by atoms with Crippen LogP contribution in [0, 0.1) is 0 Å². The molecule has 100 valence electrons. The predicted octanol–water partition coefficient (Wildman–Crippen LogP) is -2.07. The van der Waals surface area contributed by atoms with Crippen LogP contribution in [0.1, 0.15) is 13.8 Å². The first-order valence-corrected chi connectivity index (χ1v) is 5.59. The maximum atomic E-state index is 11.0. The van der Waals surface area contributed by atoms with Crippen LogP contribution in [0.15, 0.2) is 0 Å². The third-order valence-electron chi connectivity index (χ3n) is 1.92. The number of nitrogens with two attached hydrogens (primary N) is 2. The number of carbonyl (C=O) groups is 2. The molecule has 0 aromatic rings. The summed E-state index contributed by atoms with van der Waals surface area (Å²) in [5.41, 5.74) is 10.7. The van der Waals surface area contributed by atoms with Crippen molar-refractivity contribution in [1.82, 2.24) is 10.6 Å². The molecule has 7 heteroatoms. The molecule has 0 aliphatic rings. The van der Waals surface area contributed by atoms with Crippen molar-refractivity contribution in [2.45, 2.75) is 25.9 Å². The number of hydrogen-bond acceptors (Lipinski definition) is 5. The summed E-state index contributed by atoms with van der Waals surface area (Å²) in [6.07, 6.45) is 0. The van der Waals surface area contributed by atoms with Crippen molar-refractivity contribution < 1.29 is 14.3 Å². The van der Waals surface area contributed by atoms with Gasteiger partial charge in [0.05, 0.1) is 25.3 Å². The van der Waals surface area contributed by atoms with Crippen LogP contribution in [-0.4, -0.2) is 50.2 Å². The molecular weight excluding hydrogens is 224 g/mol. The highest BCUT2D eigenvalue weighted by atomic mass is 16.5. The lowest BCUT2D eigenvalue weighted by Gasteiger charge is -2.09. The lowest BCUT2D eigenvalue weighted by atomic mass is 10.3. The van der Waals surface area contributed by atoms with Gasteiger partial charge in [0, 0.05) is 13.1 Å². The molecule has 0 spiro atoms. The van der Waals surface area contributed by atoms with E-state index in [1.54, 1.807) is 13.8 Å². The predicted molar refractivity (Wildman–Crippen MR) is 64.1 cm³/mol. The van der Waals surface area contributed by atoms with Crippen molar-refractivity contribution in [3.63, 3.8) is 0 Å². The minimum Gasteiger partial charge on any atom is -0.378 e. The molecule has 0 saturated carbocycles. The summed E-state index contributed by atoms with van der Waals surface area (Å²) in [4.78, 5) is 22.1. The van der Waals surface area contributed by atoms with Gasteiger partial charge < -0.3 is 26.8 Å². The summed E-state index contributed by atoms with van der Waals surface area (Å²) in [6, 6.07) is -1.03. The van der Waals surface area contributed by atoms with E-state index in [4.69, 9.17) is 16.2 Å². The lowest BCUT2D eigenvalue weighted by molar-refractivity contribution is -0.122. The number of amides is 2. The third-order valence-corrected chi connectivity index (χ3v) is 1.92. The normalized spacial score (nSPS) is 13.9. The van der Waals surface area contributed by atoms with Gasteiger partial charge in [0.15, 0.2) is 0 Å².